The monoisotopic (exact) mass is 122 g/mol. The second kappa shape index (κ2) is 2.62. The fraction of sp³-hybridized carbons (Fsp3) is 0.375. The van der Waals surface area contributed by atoms with Gasteiger partial charge < -0.3 is 4.79 Å². The van der Waals surface area contributed by atoms with E-state index in [9.17, 15) is 4.79 Å². The first-order valence-corrected chi connectivity index (χ1v) is 3.15. The molecule has 48 valence electrons. The molecule has 0 radical (unpaired) electrons. The second-order valence-corrected chi connectivity index (χ2v) is 2.34. The molecule has 1 aliphatic rings. The third kappa shape index (κ3) is 1.28. The summed E-state index contributed by atoms with van der Waals surface area (Å²) in [5.41, 5.74) is 0. The van der Waals surface area contributed by atoms with Crippen LogP contribution < -0.4 is 0 Å². The smallest absolute Gasteiger partial charge is 0.127 e. The molecule has 0 aromatic heterocycles. The molecule has 1 rings (SSSR count). The molecule has 1 aliphatic carbocycles. The summed E-state index contributed by atoms with van der Waals surface area (Å²) >= 11 is 0. The van der Waals surface area contributed by atoms with Crippen LogP contribution in [-0.4, -0.2) is 6.29 Å². The summed E-state index contributed by atoms with van der Waals surface area (Å²) in [4.78, 5) is 10.3. The van der Waals surface area contributed by atoms with E-state index in [1.54, 1.807) is 0 Å². The van der Waals surface area contributed by atoms with E-state index >= 15 is 0 Å². The third-order valence-electron chi connectivity index (χ3n) is 1.62. The topological polar surface area (TPSA) is 17.1 Å². The predicted octanol–water partition coefficient (Wildman–Crippen LogP) is 1.56. The van der Waals surface area contributed by atoms with Gasteiger partial charge >= 0.3 is 0 Å². The van der Waals surface area contributed by atoms with Crippen molar-refractivity contribution in [3.8, 4) is 0 Å². The van der Waals surface area contributed by atoms with Crippen molar-refractivity contribution in [1.82, 2.24) is 0 Å². The molecule has 0 bridgehead atoms. The Balaban J connectivity index is 2.65. The summed E-state index contributed by atoms with van der Waals surface area (Å²) in [5, 5.41) is 0. The Bertz CT molecular complexity index is 156. The van der Waals surface area contributed by atoms with Crippen molar-refractivity contribution in [2.75, 3.05) is 0 Å². The van der Waals surface area contributed by atoms with Crippen LogP contribution in [0.15, 0.2) is 24.3 Å². The Morgan fingerprint density at radius 3 is 2.44 bits per heavy atom. The molecule has 1 unspecified atom stereocenters. The van der Waals surface area contributed by atoms with Crippen LogP contribution in [0.4, 0.5) is 0 Å². The highest BCUT2D eigenvalue weighted by Crippen LogP contribution is 2.15. The molecule has 0 heterocycles. The number of allylic oxidation sites excluding steroid dienone is 4. The summed E-state index contributed by atoms with van der Waals surface area (Å²) in [5.74, 6) is 0.488. The van der Waals surface area contributed by atoms with Gasteiger partial charge in [0, 0.05) is 5.92 Å². The van der Waals surface area contributed by atoms with E-state index in [4.69, 9.17) is 0 Å². The van der Waals surface area contributed by atoms with Crippen LogP contribution in [-0.2, 0) is 4.79 Å². The van der Waals surface area contributed by atoms with Crippen LogP contribution in [0.1, 0.15) is 6.92 Å². The molecule has 0 spiro atoms. The molecule has 0 fully saturated rings. The van der Waals surface area contributed by atoms with Gasteiger partial charge in [0.25, 0.3) is 0 Å². The van der Waals surface area contributed by atoms with Gasteiger partial charge in [-0.25, -0.2) is 0 Å². The normalized spacial score (nSPS) is 32.6. The highest BCUT2D eigenvalue weighted by molar-refractivity contribution is 5.58. The first-order chi connectivity index (χ1) is 4.34. The van der Waals surface area contributed by atoms with E-state index < -0.39 is 0 Å². The Labute approximate surface area is 55.1 Å². The molecular weight excluding hydrogens is 112 g/mol. The number of rotatable bonds is 1. The van der Waals surface area contributed by atoms with Gasteiger partial charge in [0.15, 0.2) is 0 Å². The van der Waals surface area contributed by atoms with Gasteiger partial charge in [-0.05, 0) is 5.92 Å². The van der Waals surface area contributed by atoms with Crippen LogP contribution >= 0.6 is 0 Å². The van der Waals surface area contributed by atoms with Crippen LogP contribution in [0.5, 0.6) is 0 Å². The molecule has 0 aromatic carbocycles. The zero-order chi connectivity index (χ0) is 6.69. The molecule has 0 aromatic rings. The third-order valence-corrected chi connectivity index (χ3v) is 1.62. The highest BCUT2D eigenvalue weighted by Gasteiger charge is 2.11. The first kappa shape index (κ1) is 6.27. The van der Waals surface area contributed by atoms with Crippen molar-refractivity contribution in [3.63, 3.8) is 0 Å². The van der Waals surface area contributed by atoms with Gasteiger partial charge in [-0.2, -0.15) is 0 Å². The Morgan fingerprint density at radius 2 is 2.00 bits per heavy atom. The van der Waals surface area contributed by atoms with Crippen LogP contribution in [0.3, 0.4) is 0 Å². The number of aldehydes is 1. The lowest BCUT2D eigenvalue weighted by Crippen LogP contribution is -2.09. The maximum Gasteiger partial charge on any atom is 0.127 e. The quantitative estimate of drug-likeness (QED) is 0.482. The minimum Gasteiger partial charge on any atom is -0.303 e. The van der Waals surface area contributed by atoms with E-state index in [1.807, 2.05) is 31.2 Å². The molecule has 1 heteroatoms. The van der Waals surface area contributed by atoms with E-state index in [0.29, 0.717) is 5.92 Å². The summed E-state index contributed by atoms with van der Waals surface area (Å²) in [7, 11) is 0. The fourth-order valence-electron chi connectivity index (χ4n) is 0.905. The van der Waals surface area contributed by atoms with Gasteiger partial charge in [-0.1, -0.05) is 31.2 Å². The van der Waals surface area contributed by atoms with Crippen LogP contribution in [0.25, 0.3) is 0 Å². The molecule has 0 saturated carbocycles. The van der Waals surface area contributed by atoms with E-state index in [0.717, 1.165) is 6.29 Å². The number of carbonyl (C=O) groups is 1. The average molecular weight is 122 g/mol. The Kier molecular flexibility index (Phi) is 1.83. The van der Waals surface area contributed by atoms with E-state index in [-0.39, 0.29) is 5.92 Å². The van der Waals surface area contributed by atoms with Crippen molar-refractivity contribution < 1.29 is 4.79 Å². The van der Waals surface area contributed by atoms with Gasteiger partial charge in [0.05, 0.1) is 0 Å². The average Bonchev–Trinajstić information content (AvgIpc) is 1.89. The fourth-order valence-corrected chi connectivity index (χ4v) is 0.905. The summed E-state index contributed by atoms with van der Waals surface area (Å²) < 4.78 is 0. The molecule has 9 heavy (non-hydrogen) atoms. The van der Waals surface area contributed by atoms with Gasteiger partial charge in [-0.3, -0.25) is 0 Å². The lowest BCUT2D eigenvalue weighted by atomic mass is 9.92. The Hall–Kier alpha value is -0.850. The van der Waals surface area contributed by atoms with Gasteiger partial charge in [0.2, 0.25) is 0 Å². The van der Waals surface area contributed by atoms with Crippen LogP contribution in [0.2, 0.25) is 0 Å². The molecule has 0 saturated heterocycles. The predicted molar refractivity (Wildman–Crippen MR) is 37.0 cm³/mol. The standard InChI is InChI=1S/C8H10O/c1-7-4-2-3-5-8(7)6-9/h2-8H,1H3/t7-,8?/m0/s1. The zero-order valence-electron chi connectivity index (χ0n) is 5.45. The number of hydrogen-bond donors (Lipinski definition) is 0. The van der Waals surface area contributed by atoms with Crippen LogP contribution in [0, 0.1) is 11.8 Å². The van der Waals surface area contributed by atoms with Gasteiger partial charge in [-0.15, -0.1) is 0 Å². The molecule has 0 amide bonds. The Morgan fingerprint density at radius 1 is 1.33 bits per heavy atom. The molecule has 0 aliphatic heterocycles. The summed E-state index contributed by atoms with van der Waals surface area (Å²) in [6.07, 6.45) is 8.85. The lowest BCUT2D eigenvalue weighted by Gasteiger charge is -2.12. The lowest BCUT2D eigenvalue weighted by molar-refractivity contribution is -0.110. The summed E-state index contributed by atoms with van der Waals surface area (Å²) in [6, 6.07) is 0. The van der Waals surface area contributed by atoms with Crippen molar-refractivity contribution in [2.45, 2.75) is 6.92 Å². The minimum atomic E-state index is 0.106. The van der Waals surface area contributed by atoms with Crippen molar-refractivity contribution in [3.05, 3.63) is 24.3 Å². The SMILES string of the molecule is C[C@H]1C=CC=CC1C=O. The maximum atomic E-state index is 10.3. The van der Waals surface area contributed by atoms with Gasteiger partial charge in [0.1, 0.15) is 6.29 Å². The first-order valence-electron chi connectivity index (χ1n) is 3.15. The number of carbonyl (C=O) groups excluding carboxylic acids is 1. The molecule has 2 atom stereocenters. The molecular formula is C8H10O. The number of hydrogen-bond acceptors (Lipinski definition) is 1. The minimum absolute atomic E-state index is 0.106. The largest absolute Gasteiger partial charge is 0.303 e. The summed E-state index contributed by atoms with van der Waals surface area (Å²) in [6.45, 7) is 2.04. The van der Waals surface area contributed by atoms with Crippen molar-refractivity contribution in [2.24, 2.45) is 11.8 Å². The molecule has 1 nitrogen and oxygen atoms in total. The van der Waals surface area contributed by atoms with E-state index in [1.165, 1.54) is 0 Å². The van der Waals surface area contributed by atoms with Crippen molar-refractivity contribution in [1.29, 1.82) is 0 Å². The molecule has 0 N–H and O–H groups in total. The highest BCUT2D eigenvalue weighted by atomic mass is 16.1. The van der Waals surface area contributed by atoms with Crippen molar-refractivity contribution >= 4 is 6.29 Å². The second-order valence-electron chi connectivity index (χ2n) is 2.34. The maximum absolute atomic E-state index is 10.3. The van der Waals surface area contributed by atoms with E-state index in [2.05, 4.69) is 0 Å². The zero-order valence-corrected chi connectivity index (χ0v) is 5.45.